The number of carbonyl (C=O) groups is 1. The van der Waals surface area contributed by atoms with Gasteiger partial charge in [0.25, 0.3) is 0 Å². The average molecular weight is 213 g/mol. The van der Waals surface area contributed by atoms with Gasteiger partial charge in [0, 0.05) is 17.5 Å². The lowest BCUT2D eigenvalue weighted by molar-refractivity contribution is -0.109. The van der Waals surface area contributed by atoms with Crippen LogP contribution in [0.5, 0.6) is 0 Å². The predicted molar refractivity (Wildman–Crippen MR) is 56.3 cm³/mol. The topological polar surface area (TPSA) is 30.0 Å². The molecule has 0 saturated carbocycles. The van der Waals surface area contributed by atoms with Crippen LogP contribution in [0, 0.1) is 0 Å². The summed E-state index contributed by atoms with van der Waals surface area (Å²) >= 11 is 3.44. The van der Waals surface area contributed by atoms with Gasteiger partial charge >= 0.3 is 0 Å². The Hall–Kier alpha value is -0.350. The molecular weight excluding hydrogens is 202 g/mol. The number of aldehydes is 1. The minimum atomic E-state index is -0.132. The summed E-state index contributed by atoms with van der Waals surface area (Å²) in [6.45, 7) is 0. The van der Waals surface area contributed by atoms with Crippen LogP contribution in [0.4, 0.5) is 0 Å². The molecule has 0 aliphatic carbocycles. The summed E-state index contributed by atoms with van der Waals surface area (Å²) in [5.74, 6) is 1.12. The predicted octanol–water partition coefficient (Wildman–Crippen LogP) is 2.15. The Balaban J connectivity index is 2.10. The number of aromatic nitrogens is 1. The van der Waals surface area contributed by atoms with E-state index in [1.165, 1.54) is 11.3 Å². The van der Waals surface area contributed by atoms with E-state index in [0.717, 1.165) is 24.9 Å². The molecule has 2 rings (SSSR count). The number of hydrogen-bond acceptors (Lipinski definition) is 4. The maximum atomic E-state index is 11.0. The van der Waals surface area contributed by atoms with Crippen LogP contribution < -0.4 is 0 Å². The molecule has 13 heavy (non-hydrogen) atoms. The van der Waals surface area contributed by atoms with Gasteiger partial charge < -0.3 is 4.79 Å². The molecule has 1 fully saturated rings. The third-order valence-corrected chi connectivity index (χ3v) is 4.60. The first-order valence-corrected chi connectivity index (χ1v) is 6.19. The van der Waals surface area contributed by atoms with Crippen molar-refractivity contribution in [1.29, 1.82) is 0 Å². The largest absolute Gasteiger partial charge is 0.302 e. The molecule has 2 heterocycles. The van der Waals surface area contributed by atoms with Crippen LogP contribution in [0.2, 0.25) is 0 Å². The van der Waals surface area contributed by atoms with Crippen molar-refractivity contribution in [1.82, 2.24) is 4.98 Å². The fourth-order valence-electron chi connectivity index (χ4n) is 1.62. The molecule has 4 heteroatoms. The minimum absolute atomic E-state index is 0.132. The van der Waals surface area contributed by atoms with Crippen molar-refractivity contribution in [3.63, 3.8) is 0 Å². The second-order valence-electron chi connectivity index (χ2n) is 3.28. The summed E-state index contributed by atoms with van der Waals surface area (Å²) in [5.41, 5.74) is 1.83. The summed E-state index contributed by atoms with van der Waals surface area (Å²) in [6.07, 6.45) is 6.06. The number of nitrogens with zero attached hydrogens (tertiary/aromatic N) is 1. The first-order chi connectivity index (χ1) is 6.35. The van der Waals surface area contributed by atoms with Crippen LogP contribution in [0.25, 0.3) is 0 Å². The molecule has 70 valence electrons. The summed E-state index contributed by atoms with van der Waals surface area (Å²) < 4.78 is -0.132. The highest BCUT2D eigenvalue weighted by atomic mass is 32.2. The van der Waals surface area contributed by atoms with Gasteiger partial charge in [0.1, 0.15) is 6.29 Å². The SMILES string of the molecule is O=CC1(Cc2cncs2)CCCS1. The van der Waals surface area contributed by atoms with Crippen molar-refractivity contribution in [3.05, 3.63) is 16.6 Å². The normalized spacial score (nSPS) is 27.7. The van der Waals surface area contributed by atoms with Gasteiger partial charge in [-0.1, -0.05) is 0 Å². The Kier molecular flexibility index (Phi) is 2.69. The second kappa shape index (κ2) is 3.80. The van der Waals surface area contributed by atoms with Gasteiger partial charge in [-0.05, 0) is 18.6 Å². The van der Waals surface area contributed by atoms with E-state index in [0.29, 0.717) is 0 Å². The molecule has 1 aliphatic heterocycles. The Morgan fingerprint density at radius 3 is 3.15 bits per heavy atom. The highest BCUT2D eigenvalue weighted by molar-refractivity contribution is 8.01. The molecule has 1 aliphatic rings. The van der Waals surface area contributed by atoms with Crippen molar-refractivity contribution >= 4 is 29.4 Å². The summed E-state index contributed by atoms with van der Waals surface area (Å²) in [4.78, 5) is 16.3. The third kappa shape index (κ3) is 1.94. The van der Waals surface area contributed by atoms with Crippen molar-refractivity contribution < 1.29 is 4.79 Å². The number of thioether (sulfide) groups is 1. The lowest BCUT2D eigenvalue weighted by atomic mass is 10.0. The minimum Gasteiger partial charge on any atom is -0.302 e. The molecule has 0 N–H and O–H groups in total. The van der Waals surface area contributed by atoms with Crippen molar-refractivity contribution in [2.24, 2.45) is 0 Å². The molecule has 1 aromatic rings. The number of rotatable bonds is 3. The van der Waals surface area contributed by atoms with Crippen LogP contribution in [0.3, 0.4) is 0 Å². The molecule has 0 aromatic carbocycles. The van der Waals surface area contributed by atoms with Gasteiger partial charge in [-0.15, -0.1) is 23.1 Å². The zero-order chi connectivity index (χ0) is 9.15. The van der Waals surface area contributed by atoms with Crippen LogP contribution in [0.1, 0.15) is 17.7 Å². The molecular formula is C9H11NOS2. The van der Waals surface area contributed by atoms with E-state index in [1.54, 1.807) is 23.1 Å². The highest BCUT2D eigenvalue weighted by Crippen LogP contribution is 2.39. The Morgan fingerprint density at radius 2 is 2.62 bits per heavy atom. The molecule has 0 spiro atoms. The molecule has 0 amide bonds. The molecule has 1 aromatic heterocycles. The summed E-state index contributed by atoms with van der Waals surface area (Å²) in [5, 5.41) is 0. The van der Waals surface area contributed by atoms with Crippen LogP contribution in [0.15, 0.2) is 11.7 Å². The number of hydrogen-bond donors (Lipinski definition) is 0. The van der Waals surface area contributed by atoms with E-state index >= 15 is 0 Å². The van der Waals surface area contributed by atoms with E-state index in [4.69, 9.17) is 0 Å². The van der Waals surface area contributed by atoms with Crippen LogP contribution in [-0.4, -0.2) is 21.8 Å². The summed E-state index contributed by atoms with van der Waals surface area (Å²) in [6, 6.07) is 0. The highest BCUT2D eigenvalue weighted by Gasteiger charge is 2.34. The van der Waals surface area contributed by atoms with E-state index in [2.05, 4.69) is 4.98 Å². The second-order valence-corrected chi connectivity index (χ2v) is 5.76. The standard InChI is InChI=1S/C9H11NOS2/c11-6-9(2-1-3-13-9)4-8-5-10-7-12-8/h5-7H,1-4H2. The zero-order valence-electron chi connectivity index (χ0n) is 7.23. The van der Waals surface area contributed by atoms with Gasteiger partial charge in [-0.25, -0.2) is 0 Å². The van der Waals surface area contributed by atoms with E-state index in [9.17, 15) is 4.79 Å². The van der Waals surface area contributed by atoms with Gasteiger partial charge in [0.15, 0.2) is 0 Å². The third-order valence-electron chi connectivity index (χ3n) is 2.31. The zero-order valence-corrected chi connectivity index (χ0v) is 8.87. The van der Waals surface area contributed by atoms with Gasteiger partial charge in [0.2, 0.25) is 0 Å². The Morgan fingerprint density at radius 1 is 1.69 bits per heavy atom. The molecule has 1 atom stereocenters. The fourth-order valence-corrected chi connectivity index (χ4v) is 3.74. The van der Waals surface area contributed by atoms with Crippen molar-refractivity contribution in [2.45, 2.75) is 24.0 Å². The molecule has 1 saturated heterocycles. The Labute approximate surface area is 85.8 Å². The first-order valence-electron chi connectivity index (χ1n) is 4.32. The van der Waals surface area contributed by atoms with Gasteiger partial charge in [-0.3, -0.25) is 4.98 Å². The molecule has 0 radical (unpaired) electrons. The van der Waals surface area contributed by atoms with E-state index in [-0.39, 0.29) is 4.75 Å². The monoisotopic (exact) mass is 213 g/mol. The maximum Gasteiger partial charge on any atom is 0.136 e. The lowest BCUT2D eigenvalue weighted by Crippen LogP contribution is -2.25. The number of carbonyl (C=O) groups excluding carboxylic acids is 1. The van der Waals surface area contributed by atoms with Crippen LogP contribution >= 0.6 is 23.1 Å². The quantitative estimate of drug-likeness (QED) is 0.721. The Bertz CT molecular complexity index is 278. The van der Waals surface area contributed by atoms with Gasteiger partial charge in [-0.2, -0.15) is 0 Å². The summed E-state index contributed by atoms with van der Waals surface area (Å²) in [7, 11) is 0. The fraction of sp³-hybridized carbons (Fsp3) is 0.556. The van der Waals surface area contributed by atoms with E-state index in [1.807, 2.05) is 11.7 Å². The van der Waals surface area contributed by atoms with Crippen LogP contribution in [-0.2, 0) is 11.2 Å². The molecule has 2 nitrogen and oxygen atoms in total. The molecule has 0 bridgehead atoms. The first kappa shape index (κ1) is 9.21. The average Bonchev–Trinajstić information content (AvgIpc) is 2.77. The number of thiazole rings is 1. The van der Waals surface area contributed by atoms with Crippen molar-refractivity contribution in [2.75, 3.05) is 5.75 Å². The van der Waals surface area contributed by atoms with Gasteiger partial charge in [0.05, 0.1) is 10.3 Å². The lowest BCUT2D eigenvalue weighted by Gasteiger charge is -2.19. The molecule has 1 unspecified atom stereocenters. The maximum absolute atomic E-state index is 11.0. The van der Waals surface area contributed by atoms with Crippen molar-refractivity contribution in [3.8, 4) is 0 Å². The smallest absolute Gasteiger partial charge is 0.136 e. The van der Waals surface area contributed by atoms with E-state index < -0.39 is 0 Å².